The lowest BCUT2D eigenvalue weighted by Crippen LogP contribution is -2.54. The molecule has 1 atom stereocenters. The lowest BCUT2D eigenvalue weighted by molar-refractivity contribution is -0.129. The van der Waals surface area contributed by atoms with E-state index in [2.05, 4.69) is 16.0 Å². The van der Waals surface area contributed by atoms with E-state index in [0.29, 0.717) is 22.5 Å². The molecule has 33 heavy (non-hydrogen) atoms. The maximum Gasteiger partial charge on any atom is 0.294 e. The SMILES string of the molecule is CNC(=O)C(NC(=O)C(=O)c1c(C)c(C(=O)Nc2ccc(F)c(C)c2)c(C)n1C)C(C)(C)C. The molecular formula is C24H31FN4O4. The number of likely N-dealkylation sites (N-methyl/N-ethyl adjacent to an activating group) is 1. The highest BCUT2D eigenvalue weighted by Crippen LogP contribution is 2.25. The first-order valence-corrected chi connectivity index (χ1v) is 10.5. The van der Waals surface area contributed by atoms with E-state index in [1.807, 2.05) is 0 Å². The van der Waals surface area contributed by atoms with Gasteiger partial charge in [0.05, 0.1) is 11.3 Å². The van der Waals surface area contributed by atoms with Gasteiger partial charge in [0.25, 0.3) is 17.6 Å². The quantitative estimate of drug-likeness (QED) is 0.457. The second-order valence-electron chi connectivity index (χ2n) is 9.13. The number of nitrogens with one attached hydrogen (secondary N) is 3. The standard InChI is InChI=1S/C24H31FN4O4/c1-12-11-15(9-10-16(12)25)27-21(31)17-13(2)18(29(8)14(17)3)19(30)22(32)28-20(23(33)26-7)24(4,5)6/h9-11,20H,1-8H3,(H,26,33)(H,27,31)(H,28,32). The maximum absolute atomic E-state index is 13.5. The van der Waals surface area contributed by atoms with Gasteiger partial charge in [-0.3, -0.25) is 19.2 Å². The molecule has 0 bridgehead atoms. The summed E-state index contributed by atoms with van der Waals surface area (Å²) < 4.78 is 15.0. The molecule has 8 nitrogen and oxygen atoms in total. The van der Waals surface area contributed by atoms with Crippen molar-refractivity contribution in [1.82, 2.24) is 15.2 Å². The summed E-state index contributed by atoms with van der Waals surface area (Å²) in [7, 11) is 3.04. The van der Waals surface area contributed by atoms with Crippen LogP contribution in [0.1, 0.15) is 58.4 Å². The van der Waals surface area contributed by atoms with Crippen molar-refractivity contribution in [3.05, 3.63) is 52.1 Å². The maximum atomic E-state index is 13.5. The first kappa shape index (κ1) is 25.8. The van der Waals surface area contributed by atoms with Gasteiger partial charge in [0.15, 0.2) is 0 Å². The molecule has 0 fully saturated rings. The van der Waals surface area contributed by atoms with Gasteiger partial charge in [0, 0.05) is 25.5 Å². The van der Waals surface area contributed by atoms with E-state index in [0.717, 1.165) is 0 Å². The Labute approximate surface area is 192 Å². The molecule has 3 amide bonds. The van der Waals surface area contributed by atoms with Gasteiger partial charge >= 0.3 is 0 Å². The predicted octanol–water partition coefficient (Wildman–Crippen LogP) is 2.80. The van der Waals surface area contributed by atoms with Crippen LogP contribution in [0.4, 0.5) is 10.1 Å². The van der Waals surface area contributed by atoms with Crippen molar-refractivity contribution in [3.63, 3.8) is 0 Å². The number of anilines is 1. The van der Waals surface area contributed by atoms with E-state index in [1.165, 1.54) is 29.8 Å². The Hall–Kier alpha value is -3.49. The number of nitrogens with zero attached hydrogens (tertiary/aromatic N) is 1. The van der Waals surface area contributed by atoms with Crippen molar-refractivity contribution in [2.24, 2.45) is 12.5 Å². The Morgan fingerprint density at radius 1 is 1.06 bits per heavy atom. The Kier molecular flexibility index (Phi) is 7.46. The third kappa shape index (κ3) is 5.30. The van der Waals surface area contributed by atoms with E-state index in [1.54, 1.807) is 48.6 Å². The van der Waals surface area contributed by atoms with E-state index in [9.17, 15) is 23.6 Å². The van der Waals surface area contributed by atoms with Crippen LogP contribution < -0.4 is 16.0 Å². The number of Topliss-reactive ketones (excluding diaryl/α,β-unsaturated/α-hetero) is 1. The molecule has 2 aromatic rings. The van der Waals surface area contributed by atoms with Gasteiger partial charge in [-0.2, -0.15) is 0 Å². The summed E-state index contributed by atoms with van der Waals surface area (Å²) in [5.74, 6) is -3.08. The highest BCUT2D eigenvalue weighted by atomic mass is 19.1. The first-order valence-electron chi connectivity index (χ1n) is 10.5. The molecule has 0 aliphatic heterocycles. The van der Waals surface area contributed by atoms with Crippen molar-refractivity contribution in [3.8, 4) is 0 Å². The Balaban J connectivity index is 2.36. The number of halogens is 1. The van der Waals surface area contributed by atoms with Gasteiger partial charge in [0.1, 0.15) is 11.9 Å². The molecule has 0 saturated carbocycles. The number of carbonyl (C=O) groups is 4. The van der Waals surface area contributed by atoms with Crippen LogP contribution in [0, 0.1) is 32.0 Å². The number of carbonyl (C=O) groups excluding carboxylic acids is 4. The van der Waals surface area contributed by atoms with E-state index >= 15 is 0 Å². The third-order valence-corrected chi connectivity index (χ3v) is 5.64. The average Bonchev–Trinajstić information content (AvgIpc) is 2.95. The summed E-state index contributed by atoms with van der Waals surface area (Å²) >= 11 is 0. The van der Waals surface area contributed by atoms with Crippen LogP contribution >= 0.6 is 0 Å². The topological polar surface area (TPSA) is 109 Å². The van der Waals surface area contributed by atoms with Crippen LogP contribution in [0.2, 0.25) is 0 Å². The summed E-state index contributed by atoms with van der Waals surface area (Å²) in [6, 6.07) is 3.28. The number of aromatic nitrogens is 1. The summed E-state index contributed by atoms with van der Waals surface area (Å²) in [6.45, 7) is 10.1. The number of amides is 3. The summed E-state index contributed by atoms with van der Waals surface area (Å²) in [5, 5.41) is 7.72. The highest BCUT2D eigenvalue weighted by Gasteiger charge is 2.35. The van der Waals surface area contributed by atoms with E-state index in [4.69, 9.17) is 0 Å². The first-order chi connectivity index (χ1) is 15.2. The minimum absolute atomic E-state index is 0.0509. The number of hydrogen-bond acceptors (Lipinski definition) is 4. The number of hydrogen-bond donors (Lipinski definition) is 3. The zero-order chi connectivity index (χ0) is 25.2. The molecular weight excluding hydrogens is 427 g/mol. The molecule has 1 heterocycles. The van der Waals surface area contributed by atoms with E-state index < -0.39 is 35.0 Å². The molecule has 9 heteroatoms. The van der Waals surface area contributed by atoms with Gasteiger partial charge in [0.2, 0.25) is 5.91 Å². The molecule has 1 unspecified atom stereocenters. The number of rotatable bonds is 6. The number of benzene rings is 1. The highest BCUT2D eigenvalue weighted by molar-refractivity contribution is 6.43. The van der Waals surface area contributed by atoms with Crippen LogP contribution in [0.15, 0.2) is 18.2 Å². The Morgan fingerprint density at radius 2 is 1.67 bits per heavy atom. The zero-order valence-corrected chi connectivity index (χ0v) is 20.3. The fraction of sp³-hybridized carbons (Fsp3) is 0.417. The van der Waals surface area contributed by atoms with Crippen LogP contribution in [-0.4, -0.2) is 41.2 Å². The molecule has 178 valence electrons. The van der Waals surface area contributed by atoms with Crippen LogP contribution in [0.5, 0.6) is 0 Å². The lowest BCUT2D eigenvalue weighted by Gasteiger charge is -2.29. The minimum Gasteiger partial charge on any atom is -0.357 e. The molecule has 1 aromatic carbocycles. The van der Waals surface area contributed by atoms with Gasteiger partial charge in [-0.15, -0.1) is 0 Å². The summed E-state index contributed by atoms with van der Waals surface area (Å²) in [4.78, 5) is 51.0. The van der Waals surface area contributed by atoms with Gasteiger partial charge in [-0.25, -0.2) is 4.39 Å². The Morgan fingerprint density at radius 3 is 2.18 bits per heavy atom. The second-order valence-corrected chi connectivity index (χ2v) is 9.13. The van der Waals surface area contributed by atoms with Gasteiger partial charge < -0.3 is 20.5 Å². The normalized spacial score (nSPS) is 12.2. The molecule has 0 aliphatic carbocycles. The average molecular weight is 459 g/mol. The smallest absolute Gasteiger partial charge is 0.294 e. The van der Waals surface area contributed by atoms with Crippen LogP contribution in [0.25, 0.3) is 0 Å². The van der Waals surface area contributed by atoms with Crippen molar-refractivity contribution >= 4 is 29.2 Å². The zero-order valence-electron chi connectivity index (χ0n) is 20.3. The fourth-order valence-corrected chi connectivity index (χ4v) is 3.67. The number of aryl methyl sites for hydroxylation is 1. The van der Waals surface area contributed by atoms with Crippen molar-refractivity contribution < 1.29 is 23.6 Å². The largest absolute Gasteiger partial charge is 0.357 e. The molecule has 0 radical (unpaired) electrons. The monoisotopic (exact) mass is 458 g/mol. The molecule has 2 rings (SSSR count). The van der Waals surface area contributed by atoms with Crippen LogP contribution in [0.3, 0.4) is 0 Å². The molecule has 3 N–H and O–H groups in total. The third-order valence-electron chi connectivity index (χ3n) is 5.64. The molecule has 1 aromatic heterocycles. The predicted molar refractivity (Wildman–Crippen MR) is 124 cm³/mol. The summed E-state index contributed by atoms with van der Waals surface area (Å²) in [6.07, 6.45) is 0. The minimum atomic E-state index is -0.941. The number of ketones is 1. The van der Waals surface area contributed by atoms with Crippen molar-refractivity contribution in [2.45, 2.75) is 47.6 Å². The fourth-order valence-electron chi connectivity index (χ4n) is 3.67. The van der Waals surface area contributed by atoms with Gasteiger partial charge in [-0.1, -0.05) is 20.8 Å². The van der Waals surface area contributed by atoms with Crippen molar-refractivity contribution in [2.75, 3.05) is 12.4 Å². The second kappa shape index (κ2) is 9.56. The summed E-state index contributed by atoms with van der Waals surface area (Å²) in [5.41, 5.74) is 1.27. The molecule has 0 spiro atoms. The lowest BCUT2D eigenvalue weighted by atomic mass is 9.86. The van der Waals surface area contributed by atoms with Gasteiger partial charge in [-0.05, 0) is 55.5 Å². The Bertz CT molecular complexity index is 1130. The van der Waals surface area contributed by atoms with Crippen LogP contribution in [-0.2, 0) is 16.6 Å². The van der Waals surface area contributed by atoms with Crippen molar-refractivity contribution in [1.29, 1.82) is 0 Å². The molecule has 0 aliphatic rings. The van der Waals surface area contributed by atoms with E-state index in [-0.39, 0.29) is 17.1 Å². The molecule has 0 saturated heterocycles.